The monoisotopic (exact) mass is 253 g/mol. The molecule has 0 saturated carbocycles. The van der Waals surface area contributed by atoms with E-state index in [-0.39, 0.29) is 5.97 Å². The lowest BCUT2D eigenvalue weighted by Gasteiger charge is -2.33. The van der Waals surface area contributed by atoms with Gasteiger partial charge < -0.3 is 9.15 Å². The van der Waals surface area contributed by atoms with Crippen LogP contribution in [-0.2, 0) is 16.1 Å². The number of aryl methyl sites for hydroxylation is 1. The minimum atomic E-state index is -0.174. The molecule has 0 N–H and O–H groups in total. The molecule has 1 aromatic rings. The van der Waals surface area contributed by atoms with Crippen LogP contribution in [0.15, 0.2) is 10.6 Å². The van der Waals surface area contributed by atoms with Crippen molar-refractivity contribution in [2.24, 2.45) is 0 Å². The van der Waals surface area contributed by atoms with E-state index in [1.807, 2.05) is 6.92 Å². The van der Waals surface area contributed by atoms with Crippen molar-refractivity contribution in [1.82, 2.24) is 14.8 Å². The Kier molecular flexibility index (Phi) is 4.33. The van der Waals surface area contributed by atoms with Gasteiger partial charge >= 0.3 is 5.97 Å². The lowest BCUT2D eigenvalue weighted by molar-refractivity contribution is -0.142. The molecule has 1 aromatic heterocycles. The van der Waals surface area contributed by atoms with Gasteiger partial charge in [-0.3, -0.25) is 14.6 Å². The van der Waals surface area contributed by atoms with E-state index in [1.165, 1.54) is 7.11 Å². The highest BCUT2D eigenvalue weighted by atomic mass is 16.5. The van der Waals surface area contributed by atoms with Gasteiger partial charge in [-0.25, -0.2) is 4.98 Å². The SMILES string of the molecule is COC(=O)CN1CCN(Cc2ncc(C)o2)CC1. The van der Waals surface area contributed by atoms with Crippen molar-refractivity contribution in [3.63, 3.8) is 0 Å². The Morgan fingerprint density at radius 2 is 2.06 bits per heavy atom. The molecular weight excluding hydrogens is 234 g/mol. The number of esters is 1. The van der Waals surface area contributed by atoms with Gasteiger partial charge in [0.2, 0.25) is 5.89 Å². The van der Waals surface area contributed by atoms with Crippen LogP contribution in [0.3, 0.4) is 0 Å². The third kappa shape index (κ3) is 3.54. The van der Waals surface area contributed by atoms with Gasteiger partial charge in [0.05, 0.1) is 26.4 Å². The van der Waals surface area contributed by atoms with Crippen molar-refractivity contribution >= 4 is 5.97 Å². The number of methoxy groups -OCH3 is 1. The van der Waals surface area contributed by atoms with E-state index in [1.54, 1.807) is 6.20 Å². The van der Waals surface area contributed by atoms with Crippen LogP contribution in [0.1, 0.15) is 11.7 Å². The Morgan fingerprint density at radius 1 is 1.39 bits per heavy atom. The van der Waals surface area contributed by atoms with Gasteiger partial charge in [0.25, 0.3) is 0 Å². The first-order chi connectivity index (χ1) is 8.67. The fraction of sp³-hybridized carbons (Fsp3) is 0.667. The molecule has 6 nitrogen and oxygen atoms in total. The van der Waals surface area contributed by atoms with Crippen LogP contribution in [0, 0.1) is 6.92 Å². The van der Waals surface area contributed by atoms with E-state index in [0.29, 0.717) is 6.54 Å². The number of rotatable bonds is 4. The normalized spacial score (nSPS) is 17.9. The minimum absolute atomic E-state index is 0.174. The van der Waals surface area contributed by atoms with Crippen molar-refractivity contribution in [2.45, 2.75) is 13.5 Å². The fourth-order valence-electron chi connectivity index (χ4n) is 2.02. The van der Waals surface area contributed by atoms with Gasteiger partial charge in [-0.2, -0.15) is 0 Å². The van der Waals surface area contributed by atoms with Crippen molar-refractivity contribution < 1.29 is 13.9 Å². The number of piperazine rings is 1. The van der Waals surface area contributed by atoms with Crippen LogP contribution in [-0.4, -0.2) is 60.6 Å². The maximum Gasteiger partial charge on any atom is 0.319 e. The summed E-state index contributed by atoms with van der Waals surface area (Å²) in [4.78, 5) is 19.7. The van der Waals surface area contributed by atoms with Crippen LogP contribution in [0.4, 0.5) is 0 Å². The van der Waals surface area contributed by atoms with Crippen molar-refractivity contribution in [1.29, 1.82) is 0 Å². The summed E-state index contributed by atoms with van der Waals surface area (Å²) >= 11 is 0. The molecule has 1 aliphatic rings. The molecule has 1 aliphatic heterocycles. The predicted octanol–water partition coefficient (Wildman–Crippen LogP) is 0.274. The van der Waals surface area contributed by atoms with E-state index in [0.717, 1.165) is 44.4 Å². The number of hydrogen-bond donors (Lipinski definition) is 0. The van der Waals surface area contributed by atoms with Gasteiger partial charge in [-0.05, 0) is 6.92 Å². The van der Waals surface area contributed by atoms with Gasteiger partial charge in [0.1, 0.15) is 5.76 Å². The molecule has 0 bridgehead atoms. The highest BCUT2D eigenvalue weighted by Crippen LogP contribution is 2.08. The summed E-state index contributed by atoms with van der Waals surface area (Å²) in [6, 6.07) is 0. The third-order valence-electron chi connectivity index (χ3n) is 3.07. The van der Waals surface area contributed by atoms with Crippen LogP contribution in [0.5, 0.6) is 0 Å². The molecule has 2 heterocycles. The number of nitrogens with zero attached hydrogens (tertiary/aromatic N) is 3. The molecule has 0 unspecified atom stereocenters. The van der Waals surface area contributed by atoms with E-state index in [9.17, 15) is 4.79 Å². The molecule has 2 rings (SSSR count). The number of ether oxygens (including phenoxy) is 1. The van der Waals surface area contributed by atoms with Crippen molar-refractivity contribution in [3.8, 4) is 0 Å². The Bertz CT molecular complexity index is 397. The Morgan fingerprint density at radius 3 is 2.61 bits per heavy atom. The van der Waals surface area contributed by atoms with E-state index >= 15 is 0 Å². The molecule has 0 radical (unpaired) electrons. The molecule has 18 heavy (non-hydrogen) atoms. The summed E-state index contributed by atoms with van der Waals surface area (Å²) in [5.74, 6) is 1.43. The number of carbonyl (C=O) groups is 1. The third-order valence-corrected chi connectivity index (χ3v) is 3.07. The van der Waals surface area contributed by atoms with Crippen LogP contribution in [0.25, 0.3) is 0 Å². The molecule has 0 aromatic carbocycles. The Labute approximate surface area is 107 Å². The van der Waals surface area contributed by atoms with Gasteiger partial charge in [-0.1, -0.05) is 0 Å². The standard InChI is InChI=1S/C12H19N3O3/c1-10-7-13-11(18-10)8-14-3-5-15(6-4-14)9-12(16)17-2/h7H,3-6,8-9H2,1-2H3. The summed E-state index contributed by atoms with van der Waals surface area (Å²) in [6.45, 7) is 6.58. The molecule has 6 heteroatoms. The molecule has 100 valence electrons. The number of hydrogen-bond acceptors (Lipinski definition) is 6. The average molecular weight is 253 g/mol. The zero-order chi connectivity index (χ0) is 13.0. The van der Waals surface area contributed by atoms with Crippen LogP contribution < -0.4 is 0 Å². The van der Waals surface area contributed by atoms with Gasteiger partial charge in [0, 0.05) is 26.2 Å². The fourth-order valence-corrected chi connectivity index (χ4v) is 2.02. The molecule has 1 fully saturated rings. The summed E-state index contributed by atoms with van der Waals surface area (Å²) < 4.78 is 10.1. The minimum Gasteiger partial charge on any atom is -0.468 e. The average Bonchev–Trinajstić information content (AvgIpc) is 2.77. The first-order valence-electron chi connectivity index (χ1n) is 6.10. The van der Waals surface area contributed by atoms with Gasteiger partial charge in [-0.15, -0.1) is 0 Å². The smallest absolute Gasteiger partial charge is 0.319 e. The van der Waals surface area contributed by atoms with Crippen LogP contribution in [0.2, 0.25) is 0 Å². The van der Waals surface area contributed by atoms with E-state index < -0.39 is 0 Å². The molecular formula is C12H19N3O3. The maximum atomic E-state index is 11.2. The van der Waals surface area contributed by atoms with E-state index in [2.05, 4.69) is 19.5 Å². The zero-order valence-electron chi connectivity index (χ0n) is 10.9. The maximum absolute atomic E-state index is 11.2. The molecule has 0 aliphatic carbocycles. The quantitative estimate of drug-likeness (QED) is 0.718. The summed E-state index contributed by atoms with van der Waals surface area (Å²) in [6.07, 6.45) is 1.74. The summed E-state index contributed by atoms with van der Waals surface area (Å²) in [5, 5.41) is 0. The molecule has 0 amide bonds. The van der Waals surface area contributed by atoms with Crippen molar-refractivity contribution in [2.75, 3.05) is 39.8 Å². The second kappa shape index (κ2) is 5.97. The zero-order valence-corrected chi connectivity index (χ0v) is 10.9. The number of carbonyl (C=O) groups excluding carboxylic acids is 1. The lowest BCUT2D eigenvalue weighted by atomic mass is 10.3. The predicted molar refractivity (Wildman–Crippen MR) is 65.0 cm³/mol. The first-order valence-corrected chi connectivity index (χ1v) is 6.10. The topological polar surface area (TPSA) is 58.8 Å². The summed E-state index contributed by atoms with van der Waals surface area (Å²) in [5.41, 5.74) is 0. The number of oxazole rings is 1. The second-order valence-corrected chi connectivity index (χ2v) is 4.49. The summed E-state index contributed by atoms with van der Waals surface area (Å²) in [7, 11) is 1.42. The number of aromatic nitrogens is 1. The van der Waals surface area contributed by atoms with Crippen molar-refractivity contribution in [3.05, 3.63) is 17.8 Å². The molecule has 1 saturated heterocycles. The first kappa shape index (κ1) is 13.0. The molecule has 0 atom stereocenters. The van der Waals surface area contributed by atoms with Gasteiger partial charge in [0.15, 0.2) is 0 Å². The highest BCUT2D eigenvalue weighted by molar-refractivity contribution is 5.71. The largest absolute Gasteiger partial charge is 0.468 e. The van der Waals surface area contributed by atoms with E-state index in [4.69, 9.17) is 4.42 Å². The Hall–Kier alpha value is -1.40. The highest BCUT2D eigenvalue weighted by Gasteiger charge is 2.20. The molecule has 0 spiro atoms. The second-order valence-electron chi connectivity index (χ2n) is 4.49. The Balaban J connectivity index is 1.75. The lowest BCUT2D eigenvalue weighted by Crippen LogP contribution is -2.47. The van der Waals surface area contributed by atoms with Crippen LogP contribution >= 0.6 is 0 Å².